The van der Waals surface area contributed by atoms with Crippen LogP contribution in [0.25, 0.3) is 16.8 Å². The summed E-state index contributed by atoms with van der Waals surface area (Å²) < 4.78 is 14.3. The zero-order valence-corrected chi connectivity index (χ0v) is 11.4. The van der Waals surface area contributed by atoms with Gasteiger partial charge in [0.15, 0.2) is 0 Å². The highest BCUT2D eigenvalue weighted by Crippen LogP contribution is 2.21. The van der Waals surface area contributed by atoms with Crippen LogP contribution in [0.4, 0.5) is 4.39 Å². The van der Waals surface area contributed by atoms with Gasteiger partial charge in [-0.1, -0.05) is 11.8 Å². The maximum atomic E-state index is 12.9. The van der Waals surface area contributed by atoms with Crippen LogP contribution in [0.15, 0.2) is 40.3 Å². The van der Waals surface area contributed by atoms with E-state index in [1.165, 1.54) is 28.4 Å². The van der Waals surface area contributed by atoms with Crippen LogP contribution in [0.5, 0.6) is 0 Å². The average Bonchev–Trinajstić information content (AvgIpc) is 2.93. The number of aromatic nitrogens is 4. The molecule has 2 aromatic heterocycles. The molecule has 0 aliphatic heterocycles. The monoisotopic (exact) mass is 301 g/mol. The molecule has 21 heavy (non-hydrogen) atoms. The number of thioether (sulfide) groups is 1. The van der Waals surface area contributed by atoms with Gasteiger partial charge < -0.3 is 0 Å². The normalized spacial score (nSPS) is 10.7. The molecule has 0 aliphatic rings. The van der Waals surface area contributed by atoms with Crippen LogP contribution in [0.2, 0.25) is 0 Å². The van der Waals surface area contributed by atoms with Crippen molar-refractivity contribution in [1.82, 2.24) is 19.8 Å². The number of nitrogens with one attached hydrogen (secondary N) is 1. The van der Waals surface area contributed by atoms with Gasteiger partial charge in [-0.15, -0.1) is 5.10 Å². The second kappa shape index (κ2) is 5.38. The van der Waals surface area contributed by atoms with Crippen molar-refractivity contribution in [2.75, 3.05) is 5.75 Å². The molecular formula is C13H8FN5OS. The highest BCUT2D eigenvalue weighted by Gasteiger charge is 2.12. The van der Waals surface area contributed by atoms with E-state index < -0.39 is 0 Å². The lowest BCUT2D eigenvalue weighted by Gasteiger charge is -1.99. The average molecular weight is 301 g/mol. The van der Waals surface area contributed by atoms with Crippen LogP contribution >= 0.6 is 11.8 Å². The first kappa shape index (κ1) is 13.3. The second-order valence-corrected chi connectivity index (χ2v) is 5.06. The molecule has 8 heteroatoms. The molecule has 6 nitrogen and oxygen atoms in total. The molecule has 2 heterocycles. The minimum absolute atomic E-state index is 0.194. The van der Waals surface area contributed by atoms with Crippen LogP contribution in [0.3, 0.4) is 0 Å². The fraction of sp³-hybridized carbons (Fsp3) is 0.0769. The SMILES string of the molecule is N#CCSc1n[nH]c(=O)c2cc(-c3ccc(F)cc3)nn12. The van der Waals surface area contributed by atoms with Gasteiger partial charge in [0.25, 0.3) is 5.56 Å². The summed E-state index contributed by atoms with van der Waals surface area (Å²) in [5.41, 5.74) is 1.17. The van der Waals surface area contributed by atoms with E-state index in [0.717, 1.165) is 0 Å². The maximum Gasteiger partial charge on any atom is 0.290 e. The van der Waals surface area contributed by atoms with E-state index >= 15 is 0 Å². The molecule has 0 bridgehead atoms. The number of rotatable bonds is 3. The van der Waals surface area contributed by atoms with E-state index in [4.69, 9.17) is 5.26 Å². The van der Waals surface area contributed by atoms with Gasteiger partial charge in [-0.25, -0.2) is 14.0 Å². The first-order valence-corrected chi connectivity index (χ1v) is 6.92. The molecule has 0 unspecified atom stereocenters. The highest BCUT2D eigenvalue weighted by molar-refractivity contribution is 7.99. The number of halogens is 1. The number of fused-ring (bicyclic) bond motifs is 1. The van der Waals surface area contributed by atoms with E-state index in [1.54, 1.807) is 18.2 Å². The zero-order chi connectivity index (χ0) is 14.8. The molecule has 0 aliphatic carbocycles. The van der Waals surface area contributed by atoms with Gasteiger partial charge in [-0.05, 0) is 30.3 Å². The summed E-state index contributed by atoms with van der Waals surface area (Å²) in [5, 5.41) is 19.6. The van der Waals surface area contributed by atoms with E-state index in [2.05, 4.69) is 15.3 Å². The lowest BCUT2D eigenvalue weighted by molar-refractivity contribution is 0.628. The number of nitriles is 1. The lowest BCUT2D eigenvalue weighted by atomic mass is 10.1. The topological polar surface area (TPSA) is 86.8 Å². The number of aromatic amines is 1. The lowest BCUT2D eigenvalue weighted by Crippen LogP contribution is -2.13. The highest BCUT2D eigenvalue weighted by atomic mass is 32.2. The summed E-state index contributed by atoms with van der Waals surface area (Å²) in [7, 11) is 0. The van der Waals surface area contributed by atoms with Crippen molar-refractivity contribution in [3.05, 3.63) is 46.5 Å². The van der Waals surface area contributed by atoms with Crippen LogP contribution < -0.4 is 5.56 Å². The van der Waals surface area contributed by atoms with Gasteiger partial charge >= 0.3 is 0 Å². The Hall–Kier alpha value is -2.66. The number of benzene rings is 1. The van der Waals surface area contributed by atoms with E-state index in [1.807, 2.05) is 6.07 Å². The molecule has 3 aromatic rings. The Balaban J connectivity index is 2.14. The molecule has 0 saturated carbocycles. The molecular weight excluding hydrogens is 293 g/mol. The summed E-state index contributed by atoms with van der Waals surface area (Å²) in [6.07, 6.45) is 0. The molecule has 0 fully saturated rings. The van der Waals surface area contributed by atoms with Gasteiger partial charge in [-0.3, -0.25) is 4.79 Å². The van der Waals surface area contributed by atoms with Crippen molar-refractivity contribution in [2.24, 2.45) is 0 Å². The van der Waals surface area contributed by atoms with Crippen molar-refractivity contribution >= 4 is 17.3 Å². The fourth-order valence-electron chi connectivity index (χ4n) is 1.84. The Morgan fingerprint density at radius 3 is 2.86 bits per heavy atom. The predicted octanol–water partition coefficient (Wildman–Crippen LogP) is 1.84. The minimum Gasteiger partial charge on any atom is -0.266 e. The zero-order valence-electron chi connectivity index (χ0n) is 10.6. The minimum atomic E-state index is -0.378. The summed E-state index contributed by atoms with van der Waals surface area (Å²) in [4.78, 5) is 11.8. The van der Waals surface area contributed by atoms with Crippen LogP contribution in [0, 0.1) is 17.1 Å². The molecule has 0 saturated heterocycles. The Labute approximate surface area is 122 Å². The third kappa shape index (κ3) is 2.51. The van der Waals surface area contributed by atoms with Gasteiger partial charge in [0.1, 0.15) is 11.3 Å². The fourth-order valence-corrected chi connectivity index (χ4v) is 2.41. The van der Waals surface area contributed by atoms with E-state index in [-0.39, 0.29) is 17.1 Å². The number of hydrogen-bond donors (Lipinski definition) is 1. The molecule has 0 amide bonds. The largest absolute Gasteiger partial charge is 0.290 e. The summed E-state index contributed by atoms with van der Waals surface area (Å²) in [5.74, 6) is -0.146. The second-order valence-electron chi connectivity index (χ2n) is 4.12. The molecule has 1 N–H and O–H groups in total. The third-order valence-electron chi connectivity index (χ3n) is 2.78. The molecule has 3 rings (SSSR count). The summed E-state index contributed by atoms with van der Waals surface area (Å²) in [6.45, 7) is 0. The number of hydrogen-bond acceptors (Lipinski definition) is 5. The Morgan fingerprint density at radius 2 is 2.14 bits per heavy atom. The van der Waals surface area contributed by atoms with E-state index in [9.17, 15) is 9.18 Å². The Bertz CT molecular complexity index is 894. The van der Waals surface area contributed by atoms with Gasteiger partial charge in [0, 0.05) is 5.56 Å². The van der Waals surface area contributed by atoms with Crippen LogP contribution in [0.1, 0.15) is 0 Å². The Kier molecular flexibility index (Phi) is 3.41. The first-order valence-electron chi connectivity index (χ1n) is 5.93. The van der Waals surface area contributed by atoms with Crippen molar-refractivity contribution in [3.8, 4) is 17.3 Å². The first-order chi connectivity index (χ1) is 10.2. The van der Waals surface area contributed by atoms with E-state index in [0.29, 0.717) is 21.9 Å². The van der Waals surface area contributed by atoms with Crippen molar-refractivity contribution < 1.29 is 4.39 Å². The smallest absolute Gasteiger partial charge is 0.266 e. The van der Waals surface area contributed by atoms with Gasteiger partial charge in [0.05, 0.1) is 17.5 Å². The van der Waals surface area contributed by atoms with Gasteiger partial charge in [0.2, 0.25) is 5.16 Å². The van der Waals surface area contributed by atoms with Crippen molar-refractivity contribution in [3.63, 3.8) is 0 Å². The predicted molar refractivity (Wildman–Crippen MR) is 75.3 cm³/mol. The van der Waals surface area contributed by atoms with Crippen LogP contribution in [-0.4, -0.2) is 25.6 Å². The number of nitrogens with zero attached hydrogens (tertiary/aromatic N) is 4. The van der Waals surface area contributed by atoms with Gasteiger partial charge in [-0.2, -0.15) is 10.4 Å². The summed E-state index contributed by atoms with van der Waals surface area (Å²) >= 11 is 1.17. The molecule has 0 radical (unpaired) electrons. The Morgan fingerprint density at radius 1 is 1.38 bits per heavy atom. The van der Waals surface area contributed by atoms with Crippen molar-refractivity contribution in [1.29, 1.82) is 5.26 Å². The number of H-pyrrole nitrogens is 1. The quantitative estimate of drug-likeness (QED) is 0.746. The molecule has 104 valence electrons. The standard InChI is InChI=1S/C13H8FN5OS/c14-9-3-1-8(2-4-9)10-7-11-12(20)16-17-13(19(11)18-10)21-6-5-15/h1-4,7H,6H2,(H,16,20). The third-order valence-corrected chi connectivity index (χ3v) is 3.58. The molecule has 0 atom stereocenters. The van der Waals surface area contributed by atoms with Crippen molar-refractivity contribution in [2.45, 2.75) is 5.16 Å². The van der Waals surface area contributed by atoms with Crippen LogP contribution in [-0.2, 0) is 0 Å². The maximum absolute atomic E-state index is 12.9. The molecule has 1 aromatic carbocycles. The molecule has 0 spiro atoms. The summed E-state index contributed by atoms with van der Waals surface area (Å²) in [6, 6.07) is 9.41.